The molecule has 104 valence electrons. The zero-order chi connectivity index (χ0) is 14.3. The third-order valence-corrected chi connectivity index (χ3v) is 3.83. The first-order valence-electron chi connectivity index (χ1n) is 5.49. The average molecular weight is 322 g/mol. The lowest BCUT2D eigenvalue weighted by molar-refractivity contribution is -0.133. The summed E-state index contributed by atoms with van der Waals surface area (Å²) in [5.41, 5.74) is 0.782. The molecule has 0 aromatic heterocycles. The molecule has 2 N–H and O–H groups in total. The van der Waals surface area contributed by atoms with Crippen LogP contribution in [0.4, 0.5) is 0 Å². The molecule has 0 heterocycles. The number of carboxylic acid groups (broad SMARTS) is 1. The van der Waals surface area contributed by atoms with Crippen molar-refractivity contribution in [2.45, 2.75) is 6.42 Å². The van der Waals surface area contributed by atoms with Crippen LogP contribution in [-0.4, -0.2) is 35.0 Å². The summed E-state index contributed by atoms with van der Waals surface area (Å²) < 4.78 is 0. The number of thioether (sulfide) groups is 1. The Morgan fingerprint density at radius 1 is 1.26 bits per heavy atom. The van der Waals surface area contributed by atoms with Crippen LogP contribution in [0.1, 0.15) is 5.56 Å². The van der Waals surface area contributed by atoms with Crippen molar-refractivity contribution in [1.82, 2.24) is 5.32 Å². The van der Waals surface area contributed by atoms with Gasteiger partial charge < -0.3 is 10.4 Å². The number of carbonyl (C=O) groups excluding carboxylic acids is 1. The largest absolute Gasteiger partial charge is 0.481 e. The fourth-order valence-corrected chi connectivity index (χ4v) is 2.21. The Hall–Kier alpha value is -0.910. The van der Waals surface area contributed by atoms with E-state index in [-0.39, 0.29) is 18.1 Å². The van der Waals surface area contributed by atoms with Crippen LogP contribution in [0, 0.1) is 0 Å². The molecule has 1 aromatic carbocycles. The molecule has 1 rings (SSSR count). The van der Waals surface area contributed by atoms with Crippen LogP contribution in [0.5, 0.6) is 0 Å². The van der Waals surface area contributed by atoms with E-state index in [4.69, 9.17) is 28.3 Å². The van der Waals surface area contributed by atoms with Gasteiger partial charge in [-0.1, -0.05) is 29.3 Å². The molecule has 1 aromatic rings. The predicted molar refractivity (Wildman–Crippen MR) is 78.1 cm³/mol. The number of benzene rings is 1. The van der Waals surface area contributed by atoms with Crippen molar-refractivity contribution in [2.75, 3.05) is 18.1 Å². The molecule has 0 fully saturated rings. The van der Waals surface area contributed by atoms with Gasteiger partial charge in [-0.05, 0) is 17.7 Å². The molecule has 0 aliphatic rings. The third-order valence-electron chi connectivity index (χ3n) is 2.14. The molecule has 0 saturated carbocycles. The van der Waals surface area contributed by atoms with Crippen molar-refractivity contribution in [3.8, 4) is 0 Å². The standard InChI is InChI=1S/C12H13Cl2NO3S/c13-9-2-1-8(5-10(9)14)6-11(16)15-3-4-19-7-12(17)18/h1-2,5H,3-4,6-7H2,(H,15,16)(H,17,18). The number of carboxylic acids is 1. The molecule has 0 unspecified atom stereocenters. The molecular formula is C12H13Cl2NO3S. The van der Waals surface area contributed by atoms with E-state index in [1.54, 1.807) is 18.2 Å². The smallest absolute Gasteiger partial charge is 0.313 e. The highest BCUT2D eigenvalue weighted by Gasteiger charge is 2.05. The van der Waals surface area contributed by atoms with Crippen LogP contribution in [0.3, 0.4) is 0 Å². The molecule has 7 heteroatoms. The van der Waals surface area contributed by atoms with E-state index in [2.05, 4.69) is 5.32 Å². The van der Waals surface area contributed by atoms with Crippen LogP contribution in [0.15, 0.2) is 18.2 Å². The maximum atomic E-state index is 11.6. The van der Waals surface area contributed by atoms with E-state index in [1.807, 2.05) is 0 Å². The van der Waals surface area contributed by atoms with Crippen molar-refractivity contribution >= 4 is 46.8 Å². The summed E-state index contributed by atoms with van der Waals surface area (Å²) in [6.07, 6.45) is 0.223. The van der Waals surface area contributed by atoms with E-state index >= 15 is 0 Å². The lowest BCUT2D eigenvalue weighted by atomic mass is 10.1. The Balaban J connectivity index is 2.27. The molecule has 0 atom stereocenters. The van der Waals surface area contributed by atoms with Crippen molar-refractivity contribution in [3.05, 3.63) is 33.8 Å². The SMILES string of the molecule is O=C(O)CSCCNC(=O)Cc1ccc(Cl)c(Cl)c1. The molecule has 0 spiro atoms. The summed E-state index contributed by atoms with van der Waals surface area (Å²) in [4.78, 5) is 21.9. The Morgan fingerprint density at radius 3 is 2.63 bits per heavy atom. The van der Waals surface area contributed by atoms with Crippen LogP contribution in [-0.2, 0) is 16.0 Å². The van der Waals surface area contributed by atoms with Crippen molar-refractivity contribution < 1.29 is 14.7 Å². The zero-order valence-corrected chi connectivity index (χ0v) is 12.3. The normalized spacial score (nSPS) is 10.2. The molecular weight excluding hydrogens is 309 g/mol. The first kappa shape index (κ1) is 16.1. The average Bonchev–Trinajstić information content (AvgIpc) is 2.33. The second-order valence-corrected chi connectivity index (χ2v) is 5.64. The maximum absolute atomic E-state index is 11.6. The highest BCUT2D eigenvalue weighted by atomic mass is 35.5. The van der Waals surface area contributed by atoms with Crippen LogP contribution >= 0.6 is 35.0 Å². The number of rotatable bonds is 7. The number of nitrogens with one attached hydrogen (secondary N) is 1. The summed E-state index contributed by atoms with van der Waals surface area (Å²) in [7, 11) is 0. The van der Waals surface area contributed by atoms with Gasteiger partial charge in [-0.15, -0.1) is 11.8 Å². The summed E-state index contributed by atoms with van der Waals surface area (Å²) in [6, 6.07) is 5.05. The predicted octanol–water partition coefficient (Wildman–Crippen LogP) is 2.47. The quantitative estimate of drug-likeness (QED) is 0.757. The summed E-state index contributed by atoms with van der Waals surface area (Å²) >= 11 is 12.9. The molecule has 1 amide bonds. The number of hydrogen-bond donors (Lipinski definition) is 2. The number of carbonyl (C=O) groups is 2. The molecule has 0 bridgehead atoms. The molecule has 0 saturated heterocycles. The van der Waals surface area contributed by atoms with E-state index < -0.39 is 5.97 Å². The Bertz CT molecular complexity index is 468. The molecule has 0 aliphatic carbocycles. The van der Waals surface area contributed by atoms with Crippen LogP contribution in [0.2, 0.25) is 10.0 Å². The minimum atomic E-state index is -0.855. The van der Waals surface area contributed by atoms with Gasteiger partial charge in [0.1, 0.15) is 0 Å². The molecule has 4 nitrogen and oxygen atoms in total. The van der Waals surface area contributed by atoms with Gasteiger partial charge >= 0.3 is 5.97 Å². The van der Waals surface area contributed by atoms with Crippen molar-refractivity contribution in [1.29, 1.82) is 0 Å². The van der Waals surface area contributed by atoms with Gasteiger partial charge in [-0.25, -0.2) is 0 Å². The maximum Gasteiger partial charge on any atom is 0.313 e. The van der Waals surface area contributed by atoms with Gasteiger partial charge in [-0.2, -0.15) is 0 Å². The fourth-order valence-electron chi connectivity index (χ4n) is 1.32. The van der Waals surface area contributed by atoms with Crippen LogP contribution < -0.4 is 5.32 Å². The number of hydrogen-bond acceptors (Lipinski definition) is 3. The van der Waals surface area contributed by atoms with Gasteiger partial charge in [0.05, 0.1) is 22.2 Å². The van der Waals surface area contributed by atoms with Crippen molar-refractivity contribution in [2.24, 2.45) is 0 Å². The van der Waals surface area contributed by atoms with Gasteiger partial charge in [0.15, 0.2) is 0 Å². The first-order chi connectivity index (χ1) is 8.99. The van der Waals surface area contributed by atoms with Gasteiger partial charge in [-0.3, -0.25) is 9.59 Å². The Morgan fingerprint density at radius 2 is 2.00 bits per heavy atom. The number of aliphatic carboxylic acids is 1. The Labute approximate surface area is 125 Å². The summed E-state index contributed by atoms with van der Waals surface area (Å²) in [5.74, 6) is -0.372. The minimum absolute atomic E-state index is 0.0443. The van der Waals surface area contributed by atoms with Gasteiger partial charge in [0.2, 0.25) is 5.91 Å². The first-order valence-corrected chi connectivity index (χ1v) is 7.40. The van der Waals surface area contributed by atoms with Crippen molar-refractivity contribution in [3.63, 3.8) is 0 Å². The summed E-state index contributed by atoms with van der Waals surface area (Å²) in [6.45, 7) is 0.443. The topological polar surface area (TPSA) is 66.4 Å². The van der Waals surface area contributed by atoms with Gasteiger partial charge in [0.25, 0.3) is 0 Å². The lowest BCUT2D eigenvalue weighted by Gasteiger charge is -2.05. The second-order valence-electron chi connectivity index (χ2n) is 3.72. The lowest BCUT2D eigenvalue weighted by Crippen LogP contribution is -2.27. The van der Waals surface area contributed by atoms with E-state index in [1.165, 1.54) is 11.8 Å². The highest BCUT2D eigenvalue weighted by molar-refractivity contribution is 7.99. The molecule has 0 radical (unpaired) electrons. The molecule has 19 heavy (non-hydrogen) atoms. The minimum Gasteiger partial charge on any atom is -0.481 e. The van der Waals surface area contributed by atoms with E-state index in [9.17, 15) is 9.59 Å². The monoisotopic (exact) mass is 321 g/mol. The Kier molecular flexibility index (Phi) is 7.05. The number of halogens is 2. The number of amides is 1. The van der Waals surface area contributed by atoms with E-state index in [0.29, 0.717) is 22.3 Å². The zero-order valence-electron chi connectivity index (χ0n) is 9.99. The van der Waals surface area contributed by atoms with E-state index in [0.717, 1.165) is 5.56 Å². The van der Waals surface area contributed by atoms with Gasteiger partial charge in [0, 0.05) is 12.3 Å². The molecule has 0 aliphatic heterocycles. The fraction of sp³-hybridized carbons (Fsp3) is 0.333. The summed E-state index contributed by atoms with van der Waals surface area (Å²) in [5, 5.41) is 12.0. The third kappa shape index (κ3) is 6.71. The van der Waals surface area contributed by atoms with Crippen LogP contribution in [0.25, 0.3) is 0 Å². The second kappa shape index (κ2) is 8.30. The highest BCUT2D eigenvalue weighted by Crippen LogP contribution is 2.22.